The molecular weight excluding hydrogens is 198 g/mol. The second kappa shape index (κ2) is 7.37. The second-order valence-electron chi connectivity index (χ2n) is 2.33. The fraction of sp³-hybridized carbons (Fsp3) is 0.200. The largest absolute Gasteiger partial charge is 0.448 e. The molecule has 0 aliphatic rings. The highest BCUT2D eigenvalue weighted by atomic mass is 16.7. The number of carbonyl (C=O) groups excluding carboxylic acids is 2. The zero-order valence-electron chi connectivity index (χ0n) is 8.49. The van der Waals surface area contributed by atoms with Crippen molar-refractivity contribution in [3.05, 3.63) is 37.0 Å². The number of rotatable bonds is 4. The van der Waals surface area contributed by atoms with E-state index in [4.69, 9.17) is 0 Å². The van der Waals surface area contributed by atoms with Gasteiger partial charge >= 0.3 is 12.1 Å². The van der Waals surface area contributed by atoms with Crippen LogP contribution in [0.1, 0.15) is 6.92 Å². The summed E-state index contributed by atoms with van der Waals surface area (Å²) in [6.07, 6.45) is 3.58. The van der Waals surface area contributed by atoms with Gasteiger partial charge in [0.25, 0.3) is 0 Å². The first-order valence-corrected chi connectivity index (χ1v) is 4.23. The summed E-state index contributed by atoms with van der Waals surface area (Å²) >= 11 is 0. The van der Waals surface area contributed by atoms with Crippen LogP contribution in [-0.4, -0.2) is 18.7 Å². The van der Waals surface area contributed by atoms with Crippen LogP contribution >= 0.6 is 0 Å². The molecule has 0 aliphatic heterocycles. The Morgan fingerprint density at radius 3 is 2.67 bits per heavy atom. The van der Waals surface area contributed by atoms with Crippen molar-refractivity contribution in [3.63, 3.8) is 0 Å². The number of hydrogen-bond donors (Lipinski definition) is 1. The van der Waals surface area contributed by atoms with Crippen LogP contribution in [0.3, 0.4) is 0 Å². The fourth-order valence-corrected chi connectivity index (χ4v) is 0.566. The number of nitrogens with one attached hydrogen (secondary N) is 1. The number of allylic oxidation sites excluding steroid dienone is 2. The van der Waals surface area contributed by atoms with Gasteiger partial charge in [-0.25, -0.2) is 9.59 Å². The molecule has 1 amide bonds. The number of carbonyl (C=O) groups is 2. The maximum absolute atomic E-state index is 11.1. The average molecular weight is 211 g/mol. The van der Waals surface area contributed by atoms with Crippen LogP contribution in [0, 0.1) is 0 Å². The van der Waals surface area contributed by atoms with E-state index in [1.807, 2.05) is 5.48 Å². The monoisotopic (exact) mass is 211 g/mol. The van der Waals surface area contributed by atoms with Crippen LogP contribution in [0.5, 0.6) is 0 Å². The summed E-state index contributed by atoms with van der Waals surface area (Å²) in [7, 11) is 0. The molecule has 0 aromatic rings. The minimum Gasteiger partial charge on any atom is -0.448 e. The lowest BCUT2D eigenvalue weighted by atomic mass is 10.3. The van der Waals surface area contributed by atoms with Crippen molar-refractivity contribution in [3.8, 4) is 0 Å². The molecular formula is C10H13NO4. The Labute approximate surface area is 88.0 Å². The molecule has 0 saturated heterocycles. The smallest absolute Gasteiger partial charge is 0.440 e. The van der Waals surface area contributed by atoms with Crippen LogP contribution < -0.4 is 5.48 Å². The second-order valence-corrected chi connectivity index (χ2v) is 2.33. The van der Waals surface area contributed by atoms with Crippen molar-refractivity contribution in [2.45, 2.75) is 6.92 Å². The van der Waals surface area contributed by atoms with Gasteiger partial charge in [-0.2, -0.15) is 0 Å². The maximum Gasteiger partial charge on any atom is 0.440 e. The predicted octanol–water partition coefficient (Wildman–Crippen LogP) is 1.49. The third kappa shape index (κ3) is 6.09. The Bertz CT molecular complexity index is 294. The van der Waals surface area contributed by atoms with Gasteiger partial charge in [0.1, 0.15) is 0 Å². The molecule has 0 spiro atoms. The molecule has 0 rings (SSSR count). The molecule has 0 unspecified atom stereocenters. The van der Waals surface area contributed by atoms with E-state index in [0.717, 1.165) is 0 Å². The van der Waals surface area contributed by atoms with Gasteiger partial charge in [-0.3, -0.25) is 0 Å². The topological polar surface area (TPSA) is 64.6 Å². The van der Waals surface area contributed by atoms with E-state index in [2.05, 4.69) is 22.7 Å². The van der Waals surface area contributed by atoms with E-state index in [9.17, 15) is 9.59 Å². The van der Waals surface area contributed by atoms with E-state index in [1.165, 1.54) is 18.2 Å². The van der Waals surface area contributed by atoms with Crippen molar-refractivity contribution in [2.24, 2.45) is 0 Å². The zero-order chi connectivity index (χ0) is 11.7. The van der Waals surface area contributed by atoms with Crippen LogP contribution in [0.25, 0.3) is 0 Å². The maximum atomic E-state index is 11.1. The van der Waals surface area contributed by atoms with E-state index in [-0.39, 0.29) is 12.2 Å². The third-order valence-electron chi connectivity index (χ3n) is 1.20. The van der Waals surface area contributed by atoms with Gasteiger partial charge in [0.2, 0.25) is 0 Å². The fourth-order valence-electron chi connectivity index (χ4n) is 0.566. The first-order chi connectivity index (χ1) is 7.11. The minimum atomic E-state index is -0.827. The molecule has 5 heteroatoms. The summed E-state index contributed by atoms with van der Waals surface area (Å²) in [6.45, 7) is 8.66. The first kappa shape index (κ1) is 13.0. The number of ether oxygens (including phenoxy) is 1. The van der Waals surface area contributed by atoms with Gasteiger partial charge in [-0.05, 0) is 13.0 Å². The Morgan fingerprint density at radius 2 is 2.13 bits per heavy atom. The Balaban J connectivity index is 3.93. The Morgan fingerprint density at radius 1 is 1.47 bits per heavy atom. The molecule has 0 bridgehead atoms. The number of amides is 1. The van der Waals surface area contributed by atoms with Crippen molar-refractivity contribution >= 4 is 12.1 Å². The highest BCUT2D eigenvalue weighted by molar-refractivity contribution is 5.91. The molecule has 1 N–H and O–H groups in total. The zero-order valence-corrected chi connectivity index (χ0v) is 8.49. The predicted molar refractivity (Wildman–Crippen MR) is 54.7 cm³/mol. The quantitative estimate of drug-likeness (QED) is 0.434. The van der Waals surface area contributed by atoms with Crippen molar-refractivity contribution in [1.82, 2.24) is 5.48 Å². The van der Waals surface area contributed by atoms with E-state index in [1.54, 1.807) is 6.92 Å². The van der Waals surface area contributed by atoms with Crippen LogP contribution in [0.4, 0.5) is 4.79 Å². The van der Waals surface area contributed by atoms with Crippen molar-refractivity contribution in [1.29, 1.82) is 0 Å². The number of hydrogen-bond acceptors (Lipinski definition) is 4. The van der Waals surface area contributed by atoms with Gasteiger partial charge in [0.05, 0.1) is 12.2 Å². The van der Waals surface area contributed by atoms with E-state index >= 15 is 0 Å². The highest BCUT2D eigenvalue weighted by Gasteiger charge is 2.08. The molecule has 5 nitrogen and oxygen atoms in total. The van der Waals surface area contributed by atoms with Crippen LogP contribution in [0.15, 0.2) is 37.0 Å². The summed E-state index contributed by atoms with van der Waals surface area (Å²) < 4.78 is 4.46. The van der Waals surface area contributed by atoms with Crippen LogP contribution in [-0.2, 0) is 14.4 Å². The Kier molecular flexibility index (Phi) is 6.37. The average Bonchev–Trinajstić information content (AvgIpc) is 2.22. The molecule has 15 heavy (non-hydrogen) atoms. The lowest BCUT2D eigenvalue weighted by Gasteiger charge is -2.04. The van der Waals surface area contributed by atoms with Crippen LogP contribution in [0.2, 0.25) is 0 Å². The third-order valence-corrected chi connectivity index (χ3v) is 1.20. The molecule has 0 aliphatic carbocycles. The molecule has 82 valence electrons. The Hall–Kier alpha value is -2.04. The van der Waals surface area contributed by atoms with Gasteiger partial charge < -0.3 is 9.57 Å². The normalized spacial score (nSPS) is 9.40. The van der Waals surface area contributed by atoms with E-state index in [0.29, 0.717) is 0 Å². The molecule has 0 aromatic carbocycles. The van der Waals surface area contributed by atoms with Gasteiger partial charge in [0, 0.05) is 0 Å². The summed E-state index contributed by atoms with van der Waals surface area (Å²) in [6, 6.07) is 0. The van der Waals surface area contributed by atoms with Gasteiger partial charge in [0.15, 0.2) is 0 Å². The molecule has 0 aromatic heterocycles. The first-order valence-electron chi connectivity index (χ1n) is 4.23. The van der Waals surface area contributed by atoms with Crippen molar-refractivity contribution in [2.75, 3.05) is 6.61 Å². The number of hydroxylamine groups is 1. The van der Waals surface area contributed by atoms with E-state index < -0.39 is 12.1 Å². The lowest BCUT2D eigenvalue weighted by molar-refractivity contribution is -0.144. The van der Waals surface area contributed by atoms with Gasteiger partial charge in [-0.15, -0.1) is 5.48 Å². The van der Waals surface area contributed by atoms with Gasteiger partial charge in [-0.1, -0.05) is 25.3 Å². The summed E-state index contributed by atoms with van der Waals surface area (Å²) in [4.78, 5) is 26.2. The molecule has 0 radical (unpaired) electrons. The standard InChI is InChI=1S/C10H13NO4/c1-4-6-7-8(3)9(12)15-11-10(13)14-5-2/h4,6-7H,1,3,5H2,2H3,(H,11,13). The molecule has 0 atom stereocenters. The summed E-state index contributed by atoms with van der Waals surface area (Å²) in [5, 5.41) is 0. The molecule has 0 fully saturated rings. The molecule has 0 saturated carbocycles. The SMILES string of the molecule is C=CC=CC(=C)C(=O)ONC(=O)OCC. The lowest BCUT2D eigenvalue weighted by Crippen LogP contribution is -2.28. The van der Waals surface area contributed by atoms with Crippen molar-refractivity contribution < 1.29 is 19.2 Å². The highest BCUT2D eigenvalue weighted by Crippen LogP contribution is 1.95. The minimum absolute atomic E-state index is 0.0895. The molecule has 0 heterocycles. The summed E-state index contributed by atoms with van der Waals surface area (Å²) in [5.41, 5.74) is 1.90. The summed E-state index contributed by atoms with van der Waals surface area (Å²) in [5.74, 6) is -0.763.